The quantitative estimate of drug-likeness (QED) is 0.0528. The summed E-state index contributed by atoms with van der Waals surface area (Å²) in [6.45, 7) is 0. The molecule has 12 nitrogen and oxygen atoms in total. The third-order valence-corrected chi connectivity index (χ3v) is 9.23. The summed E-state index contributed by atoms with van der Waals surface area (Å²) in [4.78, 5) is -0.987. The number of hydrogen-bond acceptors (Lipinski definition) is 10. The molecule has 6 rings (SSSR count). The Labute approximate surface area is 275 Å². The molecule has 0 saturated carbocycles. The summed E-state index contributed by atoms with van der Waals surface area (Å²) < 4.78 is 69.3. The van der Waals surface area contributed by atoms with Crippen LogP contribution in [-0.2, 0) is 20.2 Å². The molecule has 0 spiro atoms. The maximum absolute atomic E-state index is 12.3. The highest BCUT2D eigenvalue weighted by atomic mass is 32.2. The van der Waals surface area contributed by atoms with E-state index < -0.39 is 30.0 Å². The number of nitrogens with two attached hydrogens (primary N) is 2. The van der Waals surface area contributed by atoms with Crippen molar-refractivity contribution < 1.29 is 25.9 Å². The van der Waals surface area contributed by atoms with E-state index in [2.05, 4.69) is 20.5 Å². The van der Waals surface area contributed by atoms with Crippen LogP contribution in [0.25, 0.3) is 33.7 Å². The number of benzene rings is 6. The maximum atomic E-state index is 12.3. The Morgan fingerprint density at radius 1 is 0.479 bits per heavy atom. The molecule has 0 fully saturated rings. The first-order valence-corrected chi connectivity index (χ1v) is 17.1. The van der Waals surface area contributed by atoms with Crippen molar-refractivity contribution in [2.45, 2.75) is 9.79 Å². The summed E-state index contributed by atoms with van der Waals surface area (Å²) in [7, 11) is -9.51. The number of rotatable bonds is 8. The molecule has 48 heavy (non-hydrogen) atoms. The van der Waals surface area contributed by atoms with Crippen LogP contribution in [0.3, 0.4) is 0 Å². The predicted octanol–water partition coefficient (Wildman–Crippen LogP) is 8.65. The number of nitrogens with zero attached hydrogens (tertiary/aromatic N) is 4. The molecule has 0 atom stereocenters. The van der Waals surface area contributed by atoms with Gasteiger partial charge in [0.2, 0.25) is 0 Å². The van der Waals surface area contributed by atoms with Gasteiger partial charge in [-0.2, -0.15) is 27.1 Å². The van der Waals surface area contributed by atoms with Crippen molar-refractivity contribution in [1.82, 2.24) is 0 Å². The lowest BCUT2D eigenvalue weighted by Gasteiger charge is -2.07. The Balaban J connectivity index is 1.32. The Hall–Kier alpha value is -5.80. The van der Waals surface area contributed by atoms with Gasteiger partial charge in [0, 0.05) is 32.9 Å². The third kappa shape index (κ3) is 6.82. The summed E-state index contributed by atoms with van der Waals surface area (Å²) in [6, 6.07) is 29.4. The van der Waals surface area contributed by atoms with Crippen molar-refractivity contribution in [2.24, 2.45) is 20.5 Å². The highest BCUT2D eigenvalue weighted by Gasteiger charge is 2.18. The monoisotopic (exact) mass is 678 g/mol. The van der Waals surface area contributed by atoms with Crippen LogP contribution in [0, 0.1) is 0 Å². The molecule has 0 aliphatic carbocycles. The summed E-state index contributed by atoms with van der Waals surface area (Å²) in [5, 5.41) is 19.9. The molecule has 0 aromatic heterocycles. The van der Waals surface area contributed by atoms with Crippen LogP contribution in [0.5, 0.6) is 0 Å². The second kappa shape index (κ2) is 12.8. The van der Waals surface area contributed by atoms with Gasteiger partial charge in [-0.05, 0) is 59.7 Å². The Bertz CT molecular complexity index is 2370. The SMILES string of the molecule is Nc1ccc(N=Nc2ccc(/C=C/c3ccc(N=Nc4ccc(N)c5ccccc45)cc3S(=O)(=O)O)c(S(=O)(=O)O)c2)c2ccccc12. The van der Waals surface area contributed by atoms with Gasteiger partial charge in [-0.3, -0.25) is 9.11 Å². The molecule has 240 valence electrons. The van der Waals surface area contributed by atoms with E-state index in [0.717, 1.165) is 33.7 Å². The molecule has 0 saturated heterocycles. The van der Waals surface area contributed by atoms with Gasteiger partial charge in [0.1, 0.15) is 9.79 Å². The van der Waals surface area contributed by atoms with Gasteiger partial charge in [0.25, 0.3) is 20.2 Å². The zero-order chi connectivity index (χ0) is 34.1. The fourth-order valence-electron chi connectivity index (χ4n) is 5.08. The third-order valence-electron chi connectivity index (χ3n) is 7.41. The molecule has 14 heteroatoms. The second-order valence-electron chi connectivity index (χ2n) is 10.6. The van der Waals surface area contributed by atoms with Crippen LogP contribution < -0.4 is 11.5 Å². The van der Waals surface area contributed by atoms with E-state index in [1.807, 2.05) is 48.5 Å². The fraction of sp³-hybridized carbons (Fsp3) is 0. The molecule has 0 aliphatic rings. The number of fused-ring (bicyclic) bond motifs is 2. The molecule has 6 N–H and O–H groups in total. The van der Waals surface area contributed by atoms with Crippen molar-refractivity contribution in [2.75, 3.05) is 11.5 Å². The first-order valence-electron chi connectivity index (χ1n) is 14.2. The Morgan fingerprint density at radius 3 is 1.23 bits per heavy atom. The normalized spacial score (nSPS) is 12.6. The van der Waals surface area contributed by atoms with Gasteiger partial charge in [-0.1, -0.05) is 72.8 Å². The number of nitrogen functional groups attached to an aromatic ring is 2. The first-order chi connectivity index (χ1) is 22.9. The molecule has 0 unspecified atom stereocenters. The van der Waals surface area contributed by atoms with E-state index in [1.165, 1.54) is 36.4 Å². The summed E-state index contributed by atoms with van der Waals surface area (Å²) in [6.07, 6.45) is 2.56. The topological polar surface area (TPSA) is 210 Å². The molecule has 0 bridgehead atoms. The number of azo groups is 2. The smallest absolute Gasteiger partial charge is 0.295 e. The fourth-order valence-corrected chi connectivity index (χ4v) is 6.49. The van der Waals surface area contributed by atoms with Crippen molar-refractivity contribution in [3.63, 3.8) is 0 Å². The zero-order valence-corrected chi connectivity index (χ0v) is 26.5. The lowest BCUT2D eigenvalue weighted by Crippen LogP contribution is -2.01. The van der Waals surface area contributed by atoms with Crippen LogP contribution in [0.1, 0.15) is 11.1 Å². The van der Waals surface area contributed by atoms with E-state index >= 15 is 0 Å². The number of hydrogen-bond donors (Lipinski definition) is 4. The van der Waals surface area contributed by atoms with Crippen molar-refractivity contribution >= 4 is 88.1 Å². The summed E-state index contributed by atoms with van der Waals surface area (Å²) in [5.41, 5.74) is 14.5. The predicted molar refractivity (Wildman–Crippen MR) is 187 cm³/mol. The van der Waals surface area contributed by atoms with E-state index in [1.54, 1.807) is 24.3 Å². The minimum Gasteiger partial charge on any atom is -0.398 e. The molecule has 0 aliphatic heterocycles. The molecular formula is C34H26N6O6S2. The molecule has 0 heterocycles. The van der Waals surface area contributed by atoms with Gasteiger partial charge in [0.05, 0.1) is 22.7 Å². The van der Waals surface area contributed by atoms with Gasteiger partial charge < -0.3 is 11.5 Å². The van der Waals surface area contributed by atoms with Crippen molar-refractivity contribution in [1.29, 1.82) is 0 Å². The highest BCUT2D eigenvalue weighted by molar-refractivity contribution is 7.86. The van der Waals surface area contributed by atoms with E-state index in [0.29, 0.717) is 22.7 Å². The standard InChI is InChI=1S/C34H26N6O6S2/c35-29-15-17-31(27-7-3-1-5-25(27)29)39-37-23-13-11-21(33(19-23)47(41,42)43)9-10-22-12-14-24(20-34(22)48(44,45)46)38-40-32-18-16-30(36)26-6-2-4-8-28(26)32/h1-20H,35-36H2,(H,41,42,43)(H,44,45,46)/b10-9+,39-37?,40-38?. The minimum atomic E-state index is -4.75. The minimum absolute atomic E-state index is 0.0228. The zero-order valence-electron chi connectivity index (χ0n) is 24.8. The van der Waals surface area contributed by atoms with Crippen molar-refractivity contribution in [3.05, 3.63) is 120 Å². The molecule has 6 aromatic rings. The molecular weight excluding hydrogens is 653 g/mol. The summed E-state index contributed by atoms with van der Waals surface area (Å²) >= 11 is 0. The number of anilines is 2. The average Bonchev–Trinajstić information content (AvgIpc) is 3.06. The van der Waals surface area contributed by atoms with Crippen LogP contribution in [0.15, 0.2) is 139 Å². The Kier molecular flexibility index (Phi) is 8.56. The van der Waals surface area contributed by atoms with Gasteiger partial charge >= 0.3 is 0 Å². The molecule has 0 radical (unpaired) electrons. The van der Waals surface area contributed by atoms with Crippen LogP contribution in [-0.4, -0.2) is 25.9 Å². The van der Waals surface area contributed by atoms with Crippen LogP contribution in [0.2, 0.25) is 0 Å². The lowest BCUT2D eigenvalue weighted by atomic mass is 10.1. The van der Waals surface area contributed by atoms with Gasteiger partial charge in [-0.15, -0.1) is 10.2 Å². The summed E-state index contributed by atoms with van der Waals surface area (Å²) in [5.74, 6) is 0. The largest absolute Gasteiger partial charge is 0.398 e. The second-order valence-corrected chi connectivity index (χ2v) is 13.3. The van der Waals surface area contributed by atoms with Gasteiger partial charge in [-0.25, -0.2) is 0 Å². The lowest BCUT2D eigenvalue weighted by molar-refractivity contribution is 0.480. The maximum Gasteiger partial charge on any atom is 0.295 e. The molecule has 6 aromatic carbocycles. The molecule has 0 amide bonds. The Morgan fingerprint density at radius 2 is 0.854 bits per heavy atom. The highest BCUT2D eigenvalue weighted by Crippen LogP contribution is 2.34. The van der Waals surface area contributed by atoms with Crippen molar-refractivity contribution in [3.8, 4) is 0 Å². The van der Waals surface area contributed by atoms with E-state index in [9.17, 15) is 25.9 Å². The van der Waals surface area contributed by atoms with Crippen LogP contribution >= 0.6 is 0 Å². The van der Waals surface area contributed by atoms with E-state index in [-0.39, 0.29) is 22.5 Å². The van der Waals surface area contributed by atoms with E-state index in [4.69, 9.17) is 11.5 Å². The van der Waals surface area contributed by atoms with Gasteiger partial charge in [0.15, 0.2) is 0 Å². The first kappa shape index (κ1) is 32.2. The van der Waals surface area contributed by atoms with Crippen LogP contribution in [0.4, 0.5) is 34.1 Å². The average molecular weight is 679 g/mol.